The molecule has 2 N–H and O–H groups in total. The molecule has 0 aliphatic heterocycles. The topological polar surface area (TPSA) is 88.3 Å². The Balaban J connectivity index is 2.75. The fraction of sp³-hybridized carbons (Fsp3) is 0.500. The van der Waals surface area contributed by atoms with Gasteiger partial charge in [0.2, 0.25) is 0 Å². The monoisotopic (exact) mass is 280 g/mol. The third kappa shape index (κ3) is 4.53. The van der Waals surface area contributed by atoms with Crippen LogP contribution in [0, 0.1) is 6.92 Å². The molecule has 0 bridgehead atoms. The summed E-state index contributed by atoms with van der Waals surface area (Å²) in [5.41, 5.74) is -0.423. The van der Waals surface area contributed by atoms with Crippen molar-refractivity contribution in [3.8, 4) is 0 Å². The first kappa shape index (κ1) is 15.9. The average molecular weight is 280 g/mol. The number of pyridine rings is 1. The Labute approximate surface area is 117 Å². The van der Waals surface area contributed by atoms with Crippen LogP contribution in [0.3, 0.4) is 0 Å². The summed E-state index contributed by atoms with van der Waals surface area (Å²) in [6.45, 7) is 8.63. The first-order valence-electron chi connectivity index (χ1n) is 6.33. The van der Waals surface area contributed by atoms with E-state index in [0.29, 0.717) is 5.69 Å². The summed E-state index contributed by atoms with van der Waals surface area (Å²) in [5, 5.41) is 2.70. The lowest BCUT2D eigenvalue weighted by atomic mass is 10.1. The second kappa shape index (κ2) is 5.90. The van der Waals surface area contributed by atoms with E-state index in [0.717, 1.165) is 0 Å². The zero-order valence-corrected chi connectivity index (χ0v) is 12.4. The maximum Gasteiger partial charge on any atom is 0.344 e. The number of H-pyrrole nitrogens is 1. The van der Waals surface area contributed by atoms with Crippen LogP contribution >= 0.6 is 0 Å². The van der Waals surface area contributed by atoms with E-state index in [4.69, 9.17) is 4.74 Å². The number of aromatic nitrogens is 1. The largest absolute Gasteiger partial charge is 0.449 e. The molecule has 0 fully saturated rings. The number of hydrogen-bond acceptors (Lipinski definition) is 4. The highest BCUT2D eigenvalue weighted by atomic mass is 16.5. The number of hydrogen-bond donors (Lipinski definition) is 2. The highest BCUT2D eigenvalue weighted by Crippen LogP contribution is 2.04. The molecule has 20 heavy (non-hydrogen) atoms. The van der Waals surface area contributed by atoms with Crippen LogP contribution in [0.15, 0.2) is 16.9 Å². The molecule has 0 unspecified atom stereocenters. The van der Waals surface area contributed by atoms with Gasteiger partial charge in [0, 0.05) is 11.2 Å². The lowest BCUT2D eigenvalue weighted by Gasteiger charge is -2.23. The van der Waals surface area contributed by atoms with Gasteiger partial charge in [-0.05, 0) is 46.8 Å². The zero-order valence-electron chi connectivity index (χ0n) is 12.4. The fourth-order valence-corrected chi connectivity index (χ4v) is 1.48. The number of amides is 1. The highest BCUT2D eigenvalue weighted by Gasteiger charge is 2.23. The van der Waals surface area contributed by atoms with Gasteiger partial charge in [-0.2, -0.15) is 0 Å². The molecule has 0 spiro atoms. The van der Waals surface area contributed by atoms with E-state index in [1.54, 1.807) is 13.0 Å². The molecule has 1 aromatic heterocycles. The molecule has 1 aromatic rings. The van der Waals surface area contributed by atoms with Gasteiger partial charge in [-0.15, -0.1) is 0 Å². The lowest BCUT2D eigenvalue weighted by molar-refractivity contribution is -0.130. The van der Waals surface area contributed by atoms with Gasteiger partial charge in [0.25, 0.3) is 11.5 Å². The van der Waals surface area contributed by atoms with Gasteiger partial charge in [0.1, 0.15) is 5.56 Å². The summed E-state index contributed by atoms with van der Waals surface area (Å²) in [6.07, 6.45) is -0.970. The molecule has 1 rings (SSSR count). The van der Waals surface area contributed by atoms with E-state index in [1.165, 1.54) is 13.0 Å². The van der Waals surface area contributed by atoms with Gasteiger partial charge in [0.15, 0.2) is 6.10 Å². The van der Waals surface area contributed by atoms with Crippen molar-refractivity contribution in [1.29, 1.82) is 0 Å². The van der Waals surface area contributed by atoms with Crippen LogP contribution in [0.1, 0.15) is 43.7 Å². The van der Waals surface area contributed by atoms with Gasteiger partial charge in [-0.1, -0.05) is 0 Å². The number of rotatable bonds is 3. The van der Waals surface area contributed by atoms with Crippen molar-refractivity contribution in [2.75, 3.05) is 0 Å². The number of aryl methyl sites for hydroxylation is 1. The van der Waals surface area contributed by atoms with Crippen molar-refractivity contribution < 1.29 is 14.3 Å². The lowest BCUT2D eigenvalue weighted by Crippen LogP contribution is -2.46. The minimum atomic E-state index is -0.970. The van der Waals surface area contributed by atoms with Crippen molar-refractivity contribution in [3.63, 3.8) is 0 Å². The molecule has 0 saturated heterocycles. The van der Waals surface area contributed by atoms with Gasteiger partial charge < -0.3 is 15.0 Å². The minimum absolute atomic E-state index is 0.119. The normalized spacial score (nSPS) is 12.7. The number of nitrogens with one attached hydrogen (secondary N) is 2. The Morgan fingerprint density at radius 3 is 2.40 bits per heavy atom. The van der Waals surface area contributed by atoms with Crippen LogP contribution in [0.2, 0.25) is 0 Å². The molecule has 0 aromatic carbocycles. The summed E-state index contributed by atoms with van der Waals surface area (Å²) < 4.78 is 4.99. The second-order valence-electron chi connectivity index (χ2n) is 5.67. The third-order valence-corrected chi connectivity index (χ3v) is 2.43. The Kier molecular flexibility index (Phi) is 4.70. The molecule has 0 aliphatic rings. The van der Waals surface area contributed by atoms with Crippen molar-refractivity contribution >= 4 is 11.9 Å². The van der Waals surface area contributed by atoms with E-state index in [2.05, 4.69) is 10.3 Å². The van der Waals surface area contributed by atoms with Crippen LogP contribution in [0.4, 0.5) is 0 Å². The quantitative estimate of drug-likeness (QED) is 0.813. The molecule has 0 saturated carbocycles. The molecular formula is C14H20N2O4. The predicted molar refractivity (Wildman–Crippen MR) is 74.6 cm³/mol. The molecule has 6 heteroatoms. The van der Waals surface area contributed by atoms with Crippen LogP contribution in [0.25, 0.3) is 0 Å². The highest BCUT2D eigenvalue weighted by molar-refractivity contribution is 5.91. The van der Waals surface area contributed by atoms with E-state index < -0.39 is 29.1 Å². The number of ether oxygens (including phenoxy) is 1. The van der Waals surface area contributed by atoms with E-state index in [1.807, 2.05) is 20.8 Å². The van der Waals surface area contributed by atoms with E-state index in [9.17, 15) is 14.4 Å². The molecule has 1 atom stereocenters. The van der Waals surface area contributed by atoms with Crippen molar-refractivity contribution in [2.24, 2.45) is 0 Å². The van der Waals surface area contributed by atoms with E-state index >= 15 is 0 Å². The fourth-order valence-electron chi connectivity index (χ4n) is 1.48. The molecule has 1 amide bonds. The second-order valence-corrected chi connectivity index (χ2v) is 5.67. The molecule has 6 nitrogen and oxygen atoms in total. The average Bonchev–Trinajstić information content (AvgIpc) is 2.26. The Hall–Kier alpha value is -2.11. The number of aromatic amines is 1. The standard InChI is InChI=1S/C14H20N2O4/c1-8-6-7-10(12(18)15-8)13(19)20-9(2)11(17)16-14(3,4)5/h6-7,9H,1-5H3,(H,15,18)(H,16,17)/t9-/m1/s1. The minimum Gasteiger partial charge on any atom is -0.449 e. The van der Waals surface area contributed by atoms with Gasteiger partial charge >= 0.3 is 5.97 Å². The number of esters is 1. The maximum absolute atomic E-state index is 11.8. The van der Waals surface area contributed by atoms with E-state index in [-0.39, 0.29) is 5.56 Å². The summed E-state index contributed by atoms with van der Waals surface area (Å²) >= 11 is 0. The van der Waals surface area contributed by atoms with Crippen LogP contribution in [-0.2, 0) is 9.53 Å². The molecule has 1 heterocycles. The first-order valence-corrected chi connectivity index (χ1v) is 6.33. The zero-order chi connectivity index (χ0) is 15.5. The smallest absolute Gasteiger partial charge is 0.344 e. The summed E-state index contributed by atoms with van der Waals surface area (Å²) in [6, 6.07) is 2.97. The number of carbonyl (C=O) groups excluding carboxylic acids is 2. The maximum atomic E-state index is 11.8. The SMILES string of the molecule is Cc1ccc(C(=O)O[C@H](C)C(=O)NC(C)(C)C)c(=O)[nH]1. The van der Waals surface area contributed by atoms with Gasteiger partial charge in [0.05, 0.1) is 0 Å². The summed E-state index contributed by atoms with van der Waals surface area (Å²) in [5.74, 6) is -1.22. The van der Waals surface area contributed by atoms with Crippen LogP contribution in [0.5, 0.6) is 0 Å². The number of carbonyl (C=O) groups is 2. The van der Waals surface area contributed by atoms with Crippen LogP contribution in [-0.4, -0.2) is 28.5 Å². The van der Waals surface area contributed by atoms with Crippen molar-refractivity contribution in [1.82, 2.24) is 10.3 Å². The Bertz CT molecular complexity index is 569. The van der Waals surface area contributed by atoms with Crippen molar-refractivity contribution in [3.05, 3.63) is 33.7 Å². The predicted octanol–water partition coefficient (Wildman–Crippen LogP) is 1.14. The molecule has 110 valence electrons. The van der Waals surface area contributed by atoms with Gasteiger partial charge in [-0.25, -0.2) is 4.79 Å². The van der Waals surface area contributed by atoms with Gasteiger partial charge in [-0.3, -0.25) is 9.59 Å². The third-order valence-electron chi connectivity index (χ3n) is 2.43. The molecule has 0 radical (unpaired) electrons. The summed E-state index contributed by atoms with van der Waals surface area (Å²) in [4.78, 5) is 37.7. The first-order chi connectivity index (χ1) is 9.10. The molecular weight excluding hydrogens is 260 g/mol. The van der Waals surface area contributed by atoms with Crippen molar-refractivity contribution in [2.45, 2.75) is 46.3 Å². The Morgan fingerprint density at radius 2 is 1.90 bits per heavy atom. The Morgan fingerprint density at radius 1 is 1.30 bits per heavy atom. The summed E-state index contributed by atoms with van der Waals surface area (Å²) in [7, 11) is 0. The molecule has 0 aliphatic carbocycles. The van der Waals surface area contributed by atoms with Crippen LogP contribution < -0.4 is 10.9 Å².